The number of ether oxygens (including phenoxy) is 1. The summed E-state index contributed by atoms with van der Waals surface area (Å²) in [5.74, 6) is -1.49. The smallest absolute Gasteiger partial charge is 0.307 e. The van der Waals surface area contributed by atoms with Gasteiger partial charge in [-0.25, -0.2) is 8.42 Å². The number of hydrogen-bond acceptors (Lipinski definition) is 6. The molecule has 0 fully saturated rings. The molecule has 0 radical (unpaired) electrons. The number of sulfone groups is 1. The van der Waals surface area contributed by atoms with E-state index in [1.165, 1.54) is 40.5 Å². The molecule has 26 heavy (non-hydrogen) atoms. The molecule has 0 unspecified atom stereocenters. The van der Waals surface area contributed by atoms with E-state index in [-0.39, 0.29) is 17.2 Å². The van der Waals surface area contributed by atoms with Gasteiger partial charge in [0.15, 0.2) is 16.4 Å². The number of nitrogens with zero attached hydrogens (tertiary/aromatic N) is 1. The number of hydrogen-bond donors (Lipinski definition) is 0. The molecule has 0 bridgehead atoms. The largest absolute Gasteiger partial charge is 0.456 e. The lowest BCUT2D eigenvalue weighted by molar-refractivity contribution is -0.151. The molecule has 0 spiro atoms. The average Bonchev–Trinajstić information content (AvgIpc) is 3.11. The van der Waals surface area contributed by atoms with Crippen molar-refractivity contribution >= 4 is 44.7 Å². The van der Waals surface area contributed by atoms with E-state index < -0.39 is 28.2 Å². The predicted molar refractivity (Wildman–Crippen MR) is 99.9 cm³/mol. The molecular weight excluding hydrogens is 398 g/mol. The molecule has 9 heteroatoms. The van der Waals surface area contributed by atoms with E-state index in [1.54, 1.807) is 7.05 Å². The number of thiophene rings is 1. The summed E-state index contributed by atoms with van der Waals surface area (Å²) in [5, 5.41) is 4.26. The van der Waals surface area contributed by atoms with Gasteiger partial charge < -0.3 is 9.64 Å². The first-order valence-electron chi connectivity index (χ1n) is 7.67. The van der Waals surface area contributed by atoms with Gasteiger partial charge >= 0.3 is 5.97 Å². The Hall–Kier alpha value is -1.90. The zero-order valence-corrected chi connectivity index (χ0v) is 16.4. The van der Waals surface area contributed by atoms with Gasteiger partial charge in [-0.1, -0.05) is 11.6 Å². The van der Waals surface area contributed by atoms with Crippen molar-refractivity contribution in [2.24, 2.45) is 0 Å². The van der Waals surface area contributed by atoms with Gasteiger partial charge in [-0.05, 0) is 46.7 Å². The van der Waals surface area contributed by atoms with Crippen molar-refractivity contribution < 1.29 is 22.7 Å². The van der Waals surface area contributed by atoms with Crippen LogP contribution in [0.15, 0.2) is 46.0 Å². The summed E-state index contributed by atoms with van der Waals surface area (Å²) in [7, 11) is -2.00. The molecule has 0 aliphatic carbocycles. The van der Waals surface area contributed by atoms with Crippen molar-refractivity contribution in [3.63, 3.8) is 0 Å². The maximum absolute atomic E-state index is 12.1. The quantitative estimate of drug-likeness (QED) is 0.619. The molecule has 6 nitrogen and oxygen atoms in total. The zero-order chi connectivity index (χ0) is 19.2. The average molecular weight is 416 g/mol. The highest BCUT2D eigenvalue weighted by Gasteiger charge is 2.18. The molecule has 0 saturated carbocycles. The van der Waals surface area contributed by atoms with Crippen LogP contribution in [0.4, 0.5) is 0 Å². The standard InChI is InChI=1S/C17H18ClNO5S2/c1-19(10-13-6-8-25-12-13)16(20)11-24-17(21)7-9-26(22,23)15-4-2-14(18)3-5-15/h2-6,8,12H,7,9-11H2,1H3. The molecule has 1 aromatic heterocycles. The fourth-order valence-electron chi connectivity index (χ4n) is 2.05. The Morgan fingerprint density at radius 1 is 1.19 bits per heavy atom. The second kappa shape index (κ2) is 9.16. The van der Waals surface area contributed by atoms with Gasteiger partial charge in [-0.2, -0.15) is 11.3 Å². The molecule has 0 atom stereocenters. The maximum Gasteiger partial charge on any atom is 0.307 e. The second-order valence-electron chi connectivity index (χ2n) is 5.56. The molecule has 1 heterocycles. The molecule has 0 saturated heterocycles. The van der Waals surface area contributed by atoms with Gasteiger partial charge in [0, 0.05) is 18.6 Å². The Morgan fingerprint density at radius 2 is 1.88 bits per heavy atom. The van der Waals surface area contributed by atoms with E-state index in [0.717, 1.165) is 5.56 Å². The van der Waals surface area contributed by atoms with Crippen LogP contribution in [0.25, 0.3) is 0 Å². The molecule has 1 aromatic carbocycles. The fourth-order valence-corrected chi connectivity index (χ4v) is 4.05. The summed E-state index contributed by atoms with van der Waals surface area (Å²) in [6.07, 6.45) is -0.327. The maximum atomic E-state index is 12.1. The van der Waals surface area contributed by atoms with Crippen LogP contribution in [0.2, 0.25) is 5.02 Å². The molecule has 0 N–H and O–H groups in total. The lowest BCUT2D eigenvalue weighted by Crippen LogP contribution is -2.30. The lowest BCUT2D eigenvalue weighted by atomic mass is 10.3. The van der Waals surface area contributed by atoms with Crippen molar-refractivity contribution in [3.8, 4) is 0 Å². The van der Waals surface area contributed by atoms with E-state index in [4.69, 9.17) is 16.3 Å². The summed E-state index contributed by atoms with van der Waals surface area (Å²) in [6.45, 7) is 0.00525. The summed E-state index contributed by atoms with van der Waals surface area (Å²) in [6, 6.07) is 7.60. The Kier molecular flexibility index (Phi) is 7.19. The lowest BCUT2D eigenvalue weighted by Gasteiger charge is -2.16. The second-order valence-corrected chi connectivity index (χ2v) is 8.89. The minimum absolute atomic E-state index is 0.0845. The van der Waals surface area contributed by atoms with E-state index in [2.05, 4.69) is 0 Å². The normalized spacial score (nSPS) is 11.2. The molecule has 1 amide bonds. The van der Waals surface area contributed by atoms with Crippen LogP contribution in [0.1, 0.15) is 12.0 Å². The Bertz CT molecular complexity index is 848. The molecular formula is C17H18ClNO5S2. The summed E-state index contributed by atoms with van der Waals surface area (Å²) in [5.41, 5.74) is 0.992. The fraction of sp³-hybridized carbons (Fsp3) is 0.294. The number of benzene rings is 1. The van der Waals surface area contributed by atoms with Gasteiger partial charge in [0.25, 0.3) is 5.91 Å². The van der Waals surface area contributed by atoms with E-state index in [1.807, 2.05) is 16.8 Å². The van der Waals surface area contributed by atoms with Crippen molar-refractivity contribution in [2.45, 2.75) is 17.9 Å². The Labute approximate surface area is 161 Å². The number of carbonyl (C=O) groups excluding carboxylic acids is 2. The third-order valence-electron chi connectivity index (χ3n) is 3.53. The van der Waals surface area contributed by atoms with E-state index >= 15 is 0 Å². The first kappa shape index (κ1) is 20.4. The summed E-state index contributed by atoms with van der Waals surface area (Å²) in [4.78, 5) is 25.2. The van der Waals surface area contributed by atoms with Crippen molar-refractivity contribution in [1.29, 1.82) is 0 Å². The SMILES string of the molecule is CN(Cc1ccsc1)C(=O)COC(=O)CCS(=O)(=O)c1ccc(Cl)cc1. The first-order valence-corrected chi connectivity index (χ1v) is 10.6. The first-order chi connectivity index (χ1) is 12.3. The highest BCUT2D eigenvalue weighted by atomic mass is 35.5. The number of amides is 1. The Balaban J connectivity index is 1.77. The minimum Gasteiger partial charge on any atom is -0.456 e. The van der Waals surface area contributed by atoms with Gasteiger partial charge in [0.1, 0.15) is 0 Å². The highest BCUT2D eigenvalue weighted by Crippen LogP contribution is 2.16. The van der Waals surface area contributed by atoms with Crippen LogP contribution in [0, 0.1) is 0 Å². The summed E-state index contributed by atoms with van der Waals surface area (Å²) < 4.78 is 29.2. The zero-order valence-electron chi connectivity index (χ0n) is 14.1. The molecule has 0 aliphatic heterocycles. The predicted octanol–water partition coefficient (Wildman–Crippen LogP) is 2.77. The van der Waals surface area contributed by atoms with E-state index in [0.29, 0.717) is 11.6 Å². The van der Waals surface area contributed by atoms with Crippen LogP contribution in [0.3, 0.4) is 0 Å². The van der Waals surface area contributed by atoms with Crippen LogP contribution in [-0.4, -0.2) is 44.6 Å². The van der Waals surface area contributed by atoms with Crippen molar-refractivity contribution in [1.82, 2.24) is 4.90 Å². The van der Waals surface area contributed by atoms with Gasteiger partial charge in [-0.3, -0.25) is 9.59 Å². The number of carbonyl (C=O) groups is 2. The monoisotopic (exact) mass is 415 g/mol. The van der Waals surface area contributed by atoms with Crippen LogP contribution < -0.4 is 0 Å². The van der Waals surface area contributed by atoms with Gasteiger partial charge in [-0.15, -0.1) is 0 Å². The number of rotatable bonds is 8. The highest BCUT2D eigenvalue weighted by molar-refractivity contribution is 7.91. The molecule has 140 valence electrons. The van der Waals surface area contributed by atoms with Crippen molar-refractivity contribution in [3.05, 3.63) is 51.7 Å². The third-order valence-corrected chi connectivity index (χ3v) is 6.25. The molecule has 0 aliphatic rings. The molecule has 2 rings (SSSR count). The van der Waals surface area contributed by atoms with Gasteiger partial charge in [0.2, 0.25) is 0 Å². The van der Waals surface area contributed by atoms with Crippen LogP contribution in [-0.2, 0) is 30.7 Å². The number of esters is 1. The number of halogens is 1. The minimum atomic E-state index is -3.61. The number of likely N-dealkylation sites (N-methyl/N-ethyl adjacent to an activating group) is 1. The third kappa shape index (κ3) is 6.12. The van der Waals surface area contributed by atoms with Crippen molar-refractivity contribution in [2.75, 3.05) is 19.4 Å². The van der Waals surface area contributed by atoms with E-state index in [9.17, 15) is 18.0 Å². The summed E-state index contributed by atoms with van der Waals surface area (Å²) >= 11 is 7.26. The molecule has 2 aromatic rings. The topological polar surface area (TPSA) is 80.8 Å². The van der Waals surface area contributed by atoms with Crippen LogP contribution in [0.5, 0.6) is 0 Å². The Morgan fingerprint density at radius 3 is 2.50 bits per heavy atom. The van der Waals surface area contributed by atoms with Crippen LogP contribution >= 0.6 is 22.9 Å². The van der Waals surface area contributed by atoms with Gasteiger partial charge in [0.05, 0.1) is 17.1 Å².